The van der Waals surface area contributed by atoms with E-state index in [1.165, 1.54) is 32.1 Å². The van der Waals surface area contributed by atoms with Gasteiger partial charge in [-0.25, -0.2) is 0 Å². The summed E-state index contributed by atoms with van der Waals surface area (Å²) in [6.07, 6.45) is 13.6. The van der Waals surface area contributed by atoms with Crippen LogP contribution in [-0.2, 0) is 4.74 Å². The molecular formula is C17H29NO. The molecule has 19 heavy (non-hydrogen) atoms. The smallest absolute Gasteiger partial charge is 0.103 e. The molecule has 1 aliphatic carbocycles. The molecule has 0 bridgehead atoms. The molecule has 0 aromatic carbocycles. The van der Waals surface area contributed by atoms with Crippen molar-refractivity contribution in [3.63, 3.8) is 0 Å². The van der Waals surface area contributed by atoms with Crippen molar-refractivity contribution in [2.24, 2.45) is 10.9 Å². The zero-order chi connectivity index (χ0) is 14.1. The third-order valence-corrected chi connectivity index (χ3v) is 3.91. The molecule has 2 heteroatoms. The van der Waals surface area contributed by atoms with E-state index in [1.807, 2.05) is 25.3 Å². The Morgan fingerprint density at radius 3 is 2.58 bits per heavy atom. The van der Waals surface area contributed by atoms with Crippen LogP contribution in [0, 0.1) is 5.92 Å². The Labute approximate surface area is 118 Å². The molecule has 0 spiro atoms. The van der Waals surface area contributed by atoms with Crippen molar-refractivity contribution in [2.45, 2.75) is 71.5 Å². The first kappa shape index (κ1) is 16.2. The fourth-order valence-corrected chi connectivity index (χ4v) is 2.61. The van der Waals surface area contributed by atoms with Crippen molar-refractivity contribution >= 4 is 5.71 Å². The van der Waals surface area contributed by atoms with E-state index in [9.17, 15) is 0 Å². The largest absolute Gasteiger partial charge is 0.369 e. The minimum Gasteiger partial charge on any atom is -0.369 e. The third-order valence-electron chi connectivity index (χ3n) is 3.91. The van der Waals surface area contributed by atoms with E-state index in [-0.39, 0.29) is 12.2 Å². The predicted molar refractivity (Wildman–Crippen MR) is 83.6 cm³/mol. The number of allylic oxidation sites excluding steroid dienone is 1. The summed E-state index contributed by atoms with van der Waals surface area (Å²) in [7, 11) is 0. The van der Waals surface area contributed by atoms with E-state index in [1.54, 1.807) is 0 Å². The van der Waals surface area contributed by atoms with Crippen LogP contribution >= 0.6 is 0 Å². The van der Waals surface area contributed by atoms with E-state index < -0.39 is 0 Å². The molecule has 0 radical (unpaired) electrons. The topological polar surface area (TPSA) is 21.6 Å². The number of ether oxygens (including phenoxy) is 1. The standard InChI is InChI=1S/C17H29NO/c1-5-13-18-16(7-3)17(19-14(4)6-2)15-11-9-8-10-12-15/h5,7,13-15,17H,3,6,8-12H2,1-2,4H3/b13-5-,18-16+. The maximum Gasteiger partial charge on any atom is 0.103 e. The second kappa shape index (κ2) is 9.08. The quantitative estimate of drug-likeness (QED) is 0.598. The fourth-order valence-electron chi connectivity index (χ4n) is 2.61. The number of hydrogen-bond donors (Lipinski definition) is 0. The van der Waals surface area contributed by atoms with Crippen LogP contribution < -0.4 is 0 Å². The summed E-state index contributed by atoms with van der Waals surface area (Å²) < 4.78 is 6.25. The van der Waals surface area contributed by atoms with E-state index in [4.69, 9.17) is 4.74 Å². The number of rotatable bonds is 7. The van der Waals surface area contributed by atoms with Crippen molar-refractivity contribution < 1.29 is 4.74 Å². The first-order valence-corrected chi connectivity index (χ1v) is 7.69. The van der Waals surface area contributed by atoms with Crippen LogP contribution in [0.3, 0.4) is 0 Å². The molecule has 1 aliphatic rings. The highest BCUT2D eigenvalue weighted by Crippen LogP contribution is 2.30. The maximum atomic E-state index is 6.25. The lowest BCUT2D eigenvalue weighted by Crippen LogP contribution is -2.35. The molecule has 0 aromatic heterocycles. The first-order chi connectivity index (χ1) is 9.22. The number of hydrogen-bond acceptors (Lipinski definition) is 2. The Balaban J connectivity index is 2.84. The van der Waals surface area contributed by atoms with Crippen LogP contribution in [-0.4, -0.2) is 17.9 Å². The molecule has 108 valence electrons. The molecule has 0 saturated heterocycles. The normalized spacial score (nSPS) is 21.5. The molecular weight excluding hydrogens is 234 g/mol. The second-order valence-corrected chi connectivity index (χ2v) is 5.41. The van der Waals surface area contributed by atoms with Gasteiger partial charge in [-0.15, -0.1) is 0 Å². The van der Waals surface area contributed by atoms with E-state index >= 15 is 0 Å². The minimum absolute atomic E-state index is 0.115. The third kappa shape index (κ3) is 5.32. The molecule has 2 unspecified atom stereocenters. The van der Waals surface area contributed by atoms with E-state index in [2.05, 4.69) is 25.4 Å². The highest BCUT2D eigenvalue weighted by molar-refractivity contribution is 5.98. The summed E-state index contributed by atoms with van der Waals surface area (Å²) in [5.74, 6) is 0.602. The maximum absolute atomic E-state index is 6.25. The summed E-state index contributed by atoms with van der Waals surface area (Å²) in [4.78, 5) is 4.52. The fraction of sp³-hybridized carbons (Fsp3) is 0.706. The lowest BCUT2D eigenvalue weighted by atomic mass is 9.83. The summed E-state index contributed by atoms with van der Waals surface area (Å²) in [5, 5.41) is 0. The predicted octanol–water partition coefficient (Wildman–Crippen LogP) is 4.91. The molecule has 2 nitrogen and oxygen atoms in total. The Bertz CT molecular complexity index is 313. The number of aliphatic imine (C=N–C) groups is 1. The van der Waals surface area contributed by atoms with Crippen LogP contribution in [0.15, 0.2) is 29.9 Å². The summed E-state index contributed by atoms with van der Waals surface area (Å²) in [6, 6.07) is 0. The zero-order valence-corrected chi connectivity index (χ0v) is 12.8. The molecule has 1 rings (SSSR count). The van der Waals surface area contributed by atoms with Gasteiger partial charge in [0.2, 0.25) is 0 Å². The van der Waals surface area contributed by atoms with Gasteiger partial charge < -0.3 is 4.74 Å². The van der Waals surface area contributed by atoms with Crippen molar-refractivity contribution in [3.05, 3.63) is 24.9 Å². The molecule has 0 N–H and O–H groups in total. The monoisotopic (exact) mass is 263 g/mol. The van der Waals surface area contributed by atoms with Crippen molar-refractivity contribution in [1.29, 1.82) is 0 Å². The molecule has 1 fully saturated rings. The highest BCUT2D eigenvalue weighted by Gasteiger charge is 2.28. The van der Waals surface area contributed by atoms with Crippen LogP contribution in [0.5, 0.6) is 0 Å². The van der Waals surface area contributed by atoms with Gasteiger partial charge in [-0.05, 0) is 45.1 Å². The molecule has 1 saturated carbocycles. The van der Waals surface area contributed by atoms with Crippen molar-refractivity contribution in [2.75, 3.05) is 0 Å². The molecule has 0 heterocycles. The van der Waals surface area contributed by atoms with Gasteiger partial charge >= 0.3 is 0 Å². The highest BCUT2D eigenvalue weighted by atomic mass is 16.5. The zero-order valence-electron chi connectivity index (χ0n) is 12.8. The van der Waals surface area contributed by atoms with Gasteiger partial charge in [-0.3, -0.25) is 4.99 Å². The van der Waals surface area contributed by atoms with Crippen molar-refractivity contribution in [1.82, 2.24) is 0 Å². The molecule has 0 amide bonds. The van der Waals surface area contributed by atoms with Gasteiger partial charge in [-0.1, -0.05) is 38.8 Å². The summed E-state index contributed by atoms with van der Waals surface area (Å²) in [6.45, 7) is 10.2. The minimum atomic E-state index is 0.115. The first-order valence-electron chi connectivity index (χ1n) is 7.69. The number of nitrogens with zero attached hydrogens (tertiary/aromatic N) is 1. The Morgan fingerprint density at radius 1 is 1.37 bits per heavy atom. The lowest BCUT2D eigenvalue weighted by molar-refractivity contribution is -0.00549. The van der Waals surface area contributed by atoms with Gasteiger partial charge in [0.1, 0.15) is 6.10 Å². The Kier molecular flexibility index (Phi) is 7.73. The molecule has 2 atom stereocenters. The van der Waals surface area contributed by atoms with Crippen LogP contribution in [0.4, 0.5) is 0 Å². The van der Waals surface area contributed by atoms with Gasteiger partial charge in [0.05, 0.1) is 11.8 Å². The van der Waals surface area contributed by atoms with Gasteiger partial charge in [0.15, 0.2) is 0 Å². The van der Waals surface area contributed by atoms with Crippen LogP contribution in [0.1, 0.15) is 59.3 Å². The van der Waals surface area contributed by atoms with Crippen LogP contribution in [0.25, 0.3) is 0 Å². The Hall–Kier alpha value is -0.890. The van der Waals surface area contributed by atoms with Gasteiger partial charge in [0, 0.05) is 6.20 Å². The molecule has 0 aliphatic heterocycles. The average molecular weight is 263 g/mol. The van der Waals surface area contributed by atoms with E-state index in [0.717, 1.165) is 12.1 Å². The van der Waals surface area contributed by atoms with Crippen LogP contribution in [0.2, 0.25) is 0 Å². The van der Waals surface area contributed by atoms with Gasteiger partial charge in [-0.2, -0.15) is 0 Å². The Morgan fingerprint density at radius 2 is 2.05 bits per heavy atom. The molecule has 0 aromatic rings. The van der Waals surface area contributed by atoms with E-state index in [0.29, 0.717) is 5.92 Å². The SMILES string of the molecule is C=C/C(=N\C=C/C)C(OC(C)CC)C1CCCCC1. The second-order valence-electron chi connectivity index (χ2n) is 5.41. The summed E-state index contributed by atoms with van der Waals surface area (Å²) in [5.41, 5.74) is 0.991. The van der Waals surface area contributed by atoms with Gasteiger partial charge in [0.25, 0.3) is 0 Å². The lowest BCUT2D eigenvalue weighted by Gasteiger charge is -2.32. The average Bonchev–Trinajstić information content (AvgIpc) is 2.47. The van der Waals surface area contributed by atoms with Crippen molar-refractivity contribution in [3.8, 4) is 0 Å². The summed E-state index contributed by atoms with van der Waals surface area (Å²) >= 11 is 0.